The summed E-state index contributed by atoms with van der Waals surface area (Å²) in [5.74, 6) is 2.17. The molecule has 0 unspecified atom stereocenters. The Labute approximate surface area is 123 Å². The summed E-state index contributed by atoms with van der Waals surface area (Å²) in [4.78, 5) is 21.7. The van der Waals surface area contributed by atoms with Crippen LogP contribution in [0, 0.1) is 0 Å². The van der Waals surface area contributed by atoms with Crippen molar-refractivity contribution in [3.63, 3.8) is 0 Å². The van der Waals surface area contributed by atoms with Crippen molar-refractivity contribution in [3.8, 4) is 0 Å². The van der Waals surface area contributed by atoms with Gasteiger partial charge in [0, 0.05) is 25.1 Å². The first kappa shape index (κ1) is 12.6. The van der Waals surface area contributed by atoms with Crippen LogP contribution in [-0.2, 0) is 13.0 Å². The second-order valence-corrected chi connectivity index (χ2v) is 6.06. The van der Waals surface area contributed by atoms with E-state index in [9.17, 15) is 4.79 Å². The molecule has 2 heterocycles. The Morgan fingerprint density at radius 2 is 2.00 bits per heavy atom. The molecule has 1 N–H and O–H groups in total. The predicted molar refractivity (Wildman–Crippen MR) is 82.6 cm³/mol. The van der Waals surface area contributed by atoms with E-state index in [2.05, 4.69) is 34.1 Å². The Morgan fingerprint density at radius 3 is 2.81 bits per heavy atom. The van der Waals surface area contributed by atoms with E-state index in [1.165, 1.54) is 11.1 Å². The van der Waals surface area contributed by atoms with Crippen LogP contribution in [0.25, 0.3) is 0 Å². The van der Waals surface area contributed by atoms with Crippen LogP contribution in [0.15, 0.2) is 35.1 Å². The van der Waals surface area contributed by atoms with Gasteiger partial charge in [0.25, 0.3) is 5.56 Å². The lowest BCUT2D eigenvalue weighted by atomic mass is 10.0. The minimum Gasteiger partial charge on any atom is -0.352 e. The highest BCUT2D eigenvalue weighted by Gasteiger charge is 2.27. The summed E-state index contributed by atoms with van der Waals surface area (Å²) in [5, 5.41) is 0. The van der Waals surface area contributed by atoms with Crippen LogP contribution in [0.1, 0.15) is 42.1 Å². The molecule has 1 saturated carbocycles. The Hall–Kier alpha value is -2.10. The van der Waals surface area contributed by atoms with Gasteiger partial charge in [0.1, 0.15) is 11.6 Å². The highest BCUT2D eigenvalue weighted by Crippen LogP contribution is 2.38. The molecule has 2 aliphatic rings. The summed E-state index contributed by atoms with van der Waals surface area (Å²) in [5.41, 5.74) is 2.75. The second kappa shape index (κ2) is 5.02. The zero-order valence-electron chi connectivity index (χ0n) is 12.0. The number of benzene rings is 1. The van der Waals surface area contributed by atoms with Crippen LogP contribution in [0.2, 0.25) is 0 Å². The van der Waals surface area contributed by atoms with Crippen LogP contribution < -0.4 is 10.5 Å². The average Bonchev–Trinajstić information content (AvgIpc) is 3.32. The lowest BCUT2D eigenvalue weighted by Crippen LogP contribution is -2.26. The number of H-pyrrole nitrogens is 1. The normalized spacial score (nSPS) is 18.2. The molecule has 0 bridgehead atoms. The molecule has 1 aliphatic heterocycles. The smallest absolute Gasteiger partial charge is 0.252 e. The fraction of sp³-hybridized carbons (Fsp3) is 0.412. The minimum absolute atomic E-state index is 0.0283. The quantitative estimate of drug-likeness (QED) is 0.920. The number of fused-ring (bicyclic) bond motifs is 1. The van der Waals surface area contributed by atoms with E-state index in [0.29, 0.717) is 5.92 Å². The molecular formula is C17H19N3O. The zero-order valence-corrected chi connectivity index (χ0v) is 12.0. The third-order valence-corrected chi connectivity index (χ3v) is 4.39. The Kier molecular flexibility index (Phi) is 3.02. The molecule has 0 spiro atoms. The maximum atomic E-state index is 11.9. The van der Waals surface area contributed by atoms with Crippen LogP contribution >= 0.6 is 0 Å². The molecule has 1 aromatic carbocycles. The molecule has 1 aromatic heterocycles. The number of aromatic amines is 1. The summed E-state index contributed by atoms with van der Waals surface area (Å²) in [6, 6.07) is 10.2. The summed E-state index contributed by atoms with van der Waals surface area (Å²) in [6.45, 7) is 1.80. The van der Waals surface area contributed by atoms with Gasteiger partial charge in [-0.05, 0) is 36.8 Å². The summed E-state index contributed by atoms with van der Waals surface area (Å²) < 4.78 is 0. The number of aryl methyl sites for hydroxylation is 1. The molecule has 4 nitrogen and oxygen atoms in total. The van der Waals surface area contributed by atoms with E-state index >= 15 is 0 Å². The SMILES string of the molecule is O=c1cc(N2CCCc3ccccc3C2)nc(C2CC2)[nH]1. The first-order chi connectivity index (χ1) is 10.3. The second-order valence-electron chi connectivity index (χ2n) is 6.06. The largest absolute Gasteiger partial charge is 0.352 e. The summed E-state index contributed by atoms with van der Waals surface area (Å²) in [6.07, 6.45) is 4.50. The number of hydrogen-bond donors (Lipinski definition) is 1. The zero-order chi connectivity index (χ0) is 14.2. The Bertz CT molecular complexity index is 718. The topological polar surface area (TPSA) is 49.0 Å². The van der Waals surface area contributed by atoms with Gasteiger partial charge in [0.15, 0.2) is 0 Å². The van der Waals surface area contributed by atoms with Gasteiger partial charge in [-0.1, -0.05) is 24.3 Å². The molecule has 0 amide bonds. The van der Waals surface area contributed by atoms with Gasteiger partial charge >= 0.3 is 0 Å². The van der Waals surface area contributed by atoms with E-state index in [0.717, 1.165) is 50.4 Å². The Balaban J connectivity index is 1.68. The monoisotopic (exact) mass is 281 g/mol. The van der Waals surface area contributed by atoms with Gasteiger partial charge in [0.2, 0.25) is 0 Å². The lowest BCUT2D eigenvalue weighted by molar-refractivity contribution is 0.743. The number of anilines is 1. The highest BCUT2D eigenvalue weighted by atomic mass is 16.1. The minimum atomic E-state index is -0.0283. The predicted octanol–water partition coefficient (Wildman–Crippen LogP) is 2.60. The molecule has 0 saturated heterocycles. The number of hydrogen-bond acceptors (Lipinski definition) is 3. The van der Waals surface area contributed by atoms with Gasteiger partial charge in [0.05, 0.1) is 0 Å². The van der Waals surface area contributed by atoms with Crippen molar-refractivity contribution < 1.29 is 0 Å². The third kappa shape index (κ3) is 2.58. The fourth-order valence-electron chi connectivity index (χ4n) is 3.07. The maximum absolute atomic E-state index is 11.9. The van der Waals surface area contributed by atoms with Crippen LogP contribution in [-0.4, -0.2) is 16.5 Å². The molecule has 2 aromatic rings. The molecule has 108 valence electrons. The molecule has 4 heteroatoms. The lowest BCUT2D eigenvalue weighted by Gasteiger charge is -2.22. The van der Waals surface area contributed by atoms with E-state index in [4.69, 9.17) is 4.98 Å². The van der Waals surface area contributed by atoms with E-state index in [1.54, 1.807) is 6.07 Å². The van der Waals surface area contributed by atoms with Crippen molar-refractivity contribution in [2.45, 2.75) is 38.1 Å². The summed E-state index contributed by atoms with van der Waals surface area (Å²) >= 11 is 0. The molecular weight excluding hydrogens is 262 g/mol. The van der Waals surface area contributed by atoms with E-state index in [-0.39, 0.29) is 5.56 Å². The van der Waals surface area contributed by atoms with Gasteiger partial charge in [-0.3, -0.25) is 4.79 Å². The van der Waals surface area contributed by atoms with Gasteiger partial charge in [-0.15, -0.1) is 0 Å². The van der Waals surface area contributed by atoms with Crippen molar-refractivity contribution in [1.29, 1.82) is 0 Å². The fourth-order valence-corrected chi connectivity index (χ4v) is 3.07. The number of aromatic nitrogens is 2. The van der Waals surface area contributed by atoms with E-state index < -0.39 is 0 Å². The molecule has 21 heavy (non-hydrogen) atoms. The number of nitrogens with one attached hydrogen (secondary N) is 1. The molecule has 1 fully saturated rings. The van der Waals surface area contributed by atoms with Crippen LogP contribution in [0.4, 0.5) is 5.82 Å². The summed E-state index contributed by atoms with van der Waals surface area (Å²) in [7, 11) is 0. The molecule has 0 radical (unpaired) electrons. The van der Waals surface area contributed by atoms with Crippen LogP contribution in [0.5, 0.6) is 0 Å². The standard InChI is InChI=1S/C17H19N3O/c21-16-10-15(18-17(19-16)13-7-8-13)20-9-3-6-12-4-1-2-5-14(12)11-20/h1-2,4-5,10,13H,3,6-9,11H2,(H,18,19,21). The Morgan fingerprint density at radius 1 is 1.19 bits per heavy atom. The number of nitrogens with zero attached hydrogens (tertiary/aromatic N) is 2. The van der Waals surface area contributed by atoms with Crippen molar-refractivity contribution in [3.05, 3.63) is 57.6 Å². The van der Waals surface area contributed by atoms with E-state index in [1.807, 2.05) is 0 Å². The van der Waals surface area contributed by atoms with Crippen molar-refractivity contribution in [2.24, 2.45) is 0 Å². The molecule has 1 aliphatic carbocycles. The van der Waals surface area contributed by atoms with Crippen molar-refractivity contribution in [1.82, 2.24) is 9.97 Å². The third-order valence-electron chi connectivity index (χ3n) is 4.39. The highest BCUT2D eigenvalue weighted by molar-refractivity contribution is 5.42. The molecule has 0 atom stereocenters. The first-order valence-electron chi connectivity index (χ1n) is 7.72. The average molecular weight is 281 g/mol. The van der Waals surface area contributed by atoms with Crippen molar-refractivity contribution >= 4 is 5.82 Å². The van der Waals surface area contributed by atoms with Crippen LogP contribution in [0.3, 0.4) is 0 Å². The van der Waals surface area contributed by atoms with Gasteiger partial charge in [-0.25, -0.2) is 4.98 Å². The first-order valence-corrected chi connectivity index (χ1v) is 7.72. The van der Waals surface area contributed by atoms with Crippen molar-refractivity contribution in [2.75, 3.05) is 11.4 Å². The van der Waals surface area contributed by atoms with Gasteiger partial charge in [-0.2, -0.15) is 0 Å². The maximum Gasteiger partial charge on any atom is 0.252 e. The molecule has 4 rings (SSSR count). The number of rotatable bonds is 2. The van der Waals surface area contributed by atoms with Gasteiger partial charge < -0.3 is 9.88 Å².